The number of hydrogen-bond acceptors (Lipinski definition) is 2. The van der Waals surface area contributed by atoms with E-state index in [-0.39, 0.29) is 0 Å². The SMILES string of the molecule is c1cc2ccc3c4cnccc4ccc3c2cn1. The van der Waals surface area contributed by atoms with Crippen molar-refractivity contribution in [1.82, 2.24) is 9.97 Å². The zero-order valence-electron chi connectivity index (χ0n) is 9.67. The van der Waals surface area contributed by atoms with Gasteiger partial charge in [0.2, 0.25) is 0 Å². The van der Waals surface area contributed by atoms with Crippen molar-refractivity contribution in [2.45, 2.75) is 0 Å². The van der Waals surface area contributed by atoms with E-state index in [9.17, 15) is 0 Å². The standard InChI is InChI=1S/C16H10N2/c1-3-13-14(15-9-17-7-5-11(1)15)4-2-12-6-8-18-10-16(12)13/h1-10H. The minimum atomic E-state index is 1.20. The minimum absolute atomic E-state index is 1.20. The van der Waals surface area contributed by atoms with E-state index in [2.05, 4.69) is 34.2 Å². The molecular formula is C16H10N2. The first kappa shape index (κ1) is 9.54. The lowest BCUT2D eigenvalue weighted by Gasteiger charge is -2.06. The average molecular weight is 230 g/mol. The molecule has 2 aromatic carbocycles. The number of nitrogens with zero attached hydrogens (tertiary/aromatic N) is 2. The summed E-state index contributed by atoms with van der Waals surface area (Å²) in [6, 6.07) is 12.7. The maximum absolute atomic E-state index is 4.23. The Kier molecular flexibility index (Phi) is 1.86. The smallest absolute Gasteiger partial charge is 0.0352 e. The molecule has 0 aliphatic carbocycles. The van der Waals surface area contributed by atoms with E-state index in [1.807, 2.05) is 36.9 Å². The Labute approximate surface area is 104 Å². The fourth-order valence-corrected chi connectivity index (χ4v) is 2.55. The molecule has 0 atom stereocenters. The Hall–Kier alpha value is -2.48. The number of rotatable bonds is 0. The molecule has 0 bridgehead atoms. The highest BCUT2D eigenvalue weighted by atomic mass is 14.6. The van der Waals surface area contributed by atoms with Gasteiger partial charge in [-0.2, -0.15) is 0 Å². The maximum Gasteiger partial charge on any atom is 0.0352 e. The van der Waals surface area contributed by atoms with Crippen LogP contribution in [-0.2, 0) is 0 Å². The molecule has 4 rings (SSSR count). The Morgan fingerprint density at radius 1 is 0.500 bits per heavy atom. The van der Waals surface area contributed by atoms with Crippen molar-refractivity contribution >= 4 is 32.3 Å². The highest BCUT2D eigenvalue weighted by Crippen LogP contribution is 2.29. The Morgan fingerprint density at radius 2 is 1.00 bits per heavy atom. The largest absolute Gasteiger partial charge is 0.264 e. The Bertz CT molecular complexity index is 806. The highest BCUT2D eigenvalue weighted by Gasteiger charge is 2.03. The van der Waals surface area contributed by atoms with Gasteiger partial charge >= 0.3 is 0 Å². The molecule has 0 saturated heterocycles. The fourth-order valence-electron chi connectivity index (χ4n) is 2.55. The van der Waals surface area contributed by atoms with Crippen LogP contribution >= 0.6 is 0 Å². The van der Waals surface area contributed by atoms with Gasteiger partial charge in [-0.1, -0.05) is 24.3 Å². The van der Waals surface area contributed by atoms with Gasteiger partial charge < -0.3 is 0 Å². The molecular weight excluding hydrogens is 220 g/mol. The van der Waals surface area contributed by atoms with E-state index in [4.69, 9.17) is 0 Å². The predicted octanol–water partition coefficient (Wildman–Crippen LogP) is 3.94. The average Bonchev–Trinajstić information content (AvgIpc) is 2.46. The summed E-state index contributed by atoms with van der Waals surface area (Å²) in [4.78, 5) is 8.45. The summed E-state index contributed by atoms with van der Waals surface area (Å²) < 4.78 is 0. The summed E-state index contributed by atoms with van der Waals surface area (Å²) in [7, 11) is 0. The van der Waals surface area contributed by atoms with Crippen LogP contribution < -0.4 is 0 Å². The van der Waals surface area contributed by atoms with Gasteiger partial charge in [-0.05, 0) is 33.7 Å². The first-order valence-electron chi connectivity index (χ1n) is 5.93. The topological polar surface area (TPSA) is 25.8 Å². The number of aromatic nitrogens is 2. The molecule has 2 aromatic heterocycles. The van der Waals surface area contributed by atoms with Crippen molar-refractivity contribution in [2.75, 3.05) is 0 Å². The monoisotopic (exact) mass is 230 g/mol. The number of benzene rings is 2. The van der Waals surface area contributed by atoms with Crippen molar-refractivity contribution < 1.29 is 0 Å². The third-order valence-electron chi connectivity index (χ3n) is 3.44. The lowest BCUT2D eigenvalue weighted by molar-refractivity contribution is 1.36. The van der Waals surface area contributed by atoms with E-state index >= 15 is 0 Å². The van der Waals surface area contributed by atoms with Gasteiger partial charge in [-0.15, -0.1) is 0 Å². The molecule has 0 N–H and O–H groups in total. The molecule has 2 heteroatoms. The van der Waals surface area contributed by atoms with Gasteiger partial charge in [0, 0.05) is 35.6 Å². The van der Waals surface area contributed by atoms with Crippen LogP contribution in [0.3, 0.4) is 0 Å². The molecule has 84 valence electrons. The first-order valence-corrected chi connectivity index (χ1v) is 5.93. The molecule has 4 aromatic rings. The lowest BCUT2D eigenvalue weighted by atomic mass is 9.99. The van der Waals surface area contributed by atoms with Crippen LogP contribution in [0.5, 0.6) is 0 Å². The molecule has 0 spiro atoms. The number of fused-ring (bicyclic) bond motifs is 5. The van der Waals surface area contributed by atoms with Crippen LogP contribution in [0.25, 0.3) is 32.3 Å². The van der Waals surface area contributed by atoms with Gasteiger partial charge in [0.15, 0.2) is 0 Å². The zero-order valence-corrected chi connectivity index (χ0v) is 9.67. The number of pyridine rings is 2. The van der Waals surface area contributed by atoms with E-state index in [0.29, 0.717) is 0 Å². The summed E-state index contributed by atoms with van der Waals surface area (Å²) in [6.45, 7) is 0. The normalized spacial score (nSPS) is 11.3. The Balaban J connectivity index is 2.31. The zero-order chi connectivity index (χ0) is 11.9. The van der Waals surface area contributed by atoms with Crippen LogP contribution in [0.1, 0.15) is 0 Å². The lowest BCUT2D eigenvalue weighted by Crippen LogP contribution is -1.82. The first-order chi connectivity index (χ1) is 8.93. The van der Waals surface area contributed by atoms with Crippen molar-refractivity contribution in [3.63, 3.8) is 0 Å². The maximum atomic E-state index is 4.23. The summed E-state index contributed by atoms with van der Waals surface area (Å²) in [5.74, 6) is 0. The molecule has 0 aliphatic rings. The van der Waals surface area contributed by atoms with Gasteiger partial charge in [0.1, 0.15) is 0 Å². The van der Waals surface area contributed by atoms with E-state index < -0.39 is 0 Å². The second-order valence-electron chi connectivity index (χ2n) is 4.42. The second kappa shape index (κ2) is 3.50. The summed E-state index contributed by atoms with van der Waals surface area (Å²) in [6.07, 6.45) is 7.52. The summed E-state index contributed by atoms with van der Waals surface area (Å²) >= 11 is 0. The third kappa shape index (κ3) is 1.23. The van der Waals surface area contributed by atoms with Crippen LogP contribution in [0, 0.1) is 0 Å². The number of hydrogen-bond donors (Lipinski definition) is 0. The predicted molar refractivity (Wildman–Crippen MR) is 74.6 cm³/mol. The van der Waals surface area contributed by atoms with Crippen molar-refractivity contribution in [3.05, 3.63) is 61.2 Å². The van der Waals surface area contributed by atoms with Crippen LogP contribution in [0.2, 0.25) is 0 Å². The van der Waals surface area contributed by atoms with Crippen molar-refractivity contribution in [2.24, 2.45) is 0 Å². The molecule has 2 heterocycles. The molecule has 2 nitrogen and oxygen atoms in total. The second-order valence-corrected chi connectivity index (χ2v) is 4.42. The van der Waals surface area contributed by atoms with Crippen molar-refractivity contribution in [1.29, 1.82) is 0 Å². The molecule has 0 radical (unpaired) electrons. The minimum Gasteiger partial charge on any atom is -0.264 e. The molecule has 0 saturated carbocycles. The van der Waals surface area contributed by atoms with Gasteiger partial charge in [0.25, 0.3) is 0 Å². The fraction of sp³-hybridized carbons (Fsp3) is 0. The molecule has 18 heavy (non-hydrogen) atoms. The van der Waals surface area contributed by atoms with Crippen LogP contribution in [-0.4, -0.2) is 9.97 Å². The van der Waals surface area contributed by atoms with Gasteiger partial charge in [-0.3, -0.25) is 9.97 Å². The Morgan fingerprint density at radius 3 is 1.50 bits per heavy atom. The van der Waals surface area contributed by atoms with Crippen LogP contribution in [0.15, 0.2) is 61.2 Å². The quantitative estimate of drug-likeness (QED) is 0.428. The molecule has 0 aliphatic heterocycles. The van der Waals surface area contributed by atoms with Gasteiger partial charge in [-0.25, -0.2) is 0 Å². The summed E-state index contributed by atoms with van der Waals surface area (Å²) in [5.41, 5.74) is 0. The molecule has 0 fully saturated rings. The highest BCUT2D eigenvalue weighted by molar-refractivity contribution is 6.16. The van der Waals surface area contributed by atoms with Crippen molar-refractivity contribution in [3.8, 4) is 0 Å². The van der Waals surface area contributed by atoms with Crippen LogP contribution in [0.4, 0.5) is 0 Å². The van der Waals surface area contributed by atoms with E-state index in [1.54, 1.807) is 0 Å². The van der Waals surface area contributed by atoms with E-state index in [1.165, 1.54) is 32.3 Å². The van der Waals surface area contributed by atoms with Gasteiger partial charge in [0.05, 0.1) is 0 Å². The third-order valence-corrected chi connectivity index (χ3v) is 3.44. The van der Waals surface area contributed by atoms with E-state index in [0.717, 1.165) is 0 Å². The molecule has 0 amide bonds. The molecule has 0 unspecified atom stereocenters. The summed E-state index contributed by atoms with van der Waals surface area (Å²) in [5, 5.41) is 7.31.